The molecule has 1 aromatic carbocycles. The van der Waals surface area contributed by atoms with Gasteiger partial charge in [0.05, 0.1) is 10.6 Å². The smallest absolute Gasteiger partial charge is 0.212 e. The highest BCUT2D eigenvalue weighted by Gasteiger charge is 2.28. The number of benzene rings is 1. The number of sulfonamides is 2. The molecule has 1 aromatic rings. The molecule has 1 aliphatic rings. The molecule has 0 radical (unpaired) electrons. The SMILES string of the molecule is CC[C@H]1CCCC[C@H]1NS(=O)(=O)CCN(C)S(=O)(=O)c1ccc(F)cc1. The van der Waals surface area contributed by atoms with Gasteiger partial charge >= 0.3 is 0 Å². The van der Waals surface area contributed by atoms with Crippen molar-refractivity contribution in [3.63, 3.8) is 0 Å². The van der Waals surface area contributed by atoms with Gasteiger partial charge in [-0.05, 0) is 43.0 Å². The molecule has 1 fully saturated rings. The minimum absolute atomic E-state index is 0.0647. The summed E-state index contributed by atoms with van der Waals surface area (Å²) in [4.78, 5) is -0.0647. The van der Waals surface area contributed by atoms with Gasteiger partial charge in [-0.25, -0.2) is 25.9 Å². The molecule has 0 heterocycles. The molecule has 0 saturated heterocycles. The fourth-order valence-corrected chi connectivity index (χ4v) is 5.99. The Balaban J connectivity index is 1.98. The monoisotopic (exact) mass is 406 g/mol. The van der Waals surface area contributed by atoms with Crippen molar-refractivity contribution in [3.05, 3.63) is 30.1 Å². The third-order valence-electron chi connectivity index (χ3n) is 4.96. The summed E-state index contributed by atoms with van der Waals surface area (Å²) >= 11 is 0. The molecule has 0 amide bonds. The van der Waals surface area contributed by atoms with Gasteiger partial charge in [0.25, 0.3) is 0 Å². The molecule has 6 nitrogen and oxygen atoms in total. The van der Waals surface area contributed by atoms with Gasteiger partial charge in [-0.2, -0.15) is 4.31 Å². The van der Waals surface area contributed by atoms with Crippen molar-refractivity contribution in [1.82, 2.24) is 9.03 Å². The predicted molar refractivity (Wildman–Crippen MR) is 99.2 cm³/mol. The summed E-state index contributed by atoms with van der Waals surface area (Å²) in [7, 11) is -6.11. The molecule has 0 spiro atoms. The van der Waals surface area contributed by atoms with Crippen LogP contribution in [0.1, 0.15) is 39.0 Å². The third kappa shape index (κ3) is 5.48. The average Bonchev–Trinajstić information content (AvgIpc) is 2.60. The second kappa shape index (κ2) is 8.77. The Kier molecular flexibility index (Phi) is 7.18. The second-order valence-corrected chi connectivity index (χ2v) is 10.7. The van der Waals surface area contributed by atoms with Crippen molar-refractivity contribution in [2.24, 2.45) is 5.92 Å². The van der Waals surface area contributed by atoms with E-state index in [2.05, 4.69) is 11.6 Å². The largest absolute Gasteiger partial charge is 0.242 e. The number of nitrogens with one attached hydrogen (secondary N) is 1. The molecule has 148 valence electrons. The summed E-state index contributed by atoms with van der Waals surface area (Å²) in [5.74, 6) is -0.507. The van der Waals surface area contributed by atoms with E-state index in [9.17, 15) is 21.2 Å². The molecule has 1 aliphatic carbocycles. The van der Waals surface area contributed by atoms with Crippen LogP contribution in [0.5, 0.6) is 0 Å². The van der Waals surface area contributed by atoms with Crippen LogP contribution in [0.3, 0.4) is 0 Å². The van der Waals surface area contributed by atoms with E-state index in [0.717, 1.165) is 48.5 Å². The average molecular weight is 407 g/mol. The van der Waals surface area contributed by atoms with Crippen LogP contribution in [0.25, 0.3) is 0 Å². The van der Waals surface area contributed by atoms with E-state index in [4.69, 9.17) is 0 Å². The lowest BCUT2D eigenvalue weighted by molar-refractivity contribution is 0.282. The molecule has 0 aliphatic heterocycles. The van der Waals surface area contributed by atoms with Crippen molar-refractivity contribution in [2.75, 3.05) is 19.3 Å². The highest BCUT2D eigenvalue weighted by molar-refractivity contribution is 7.90. The van der Waals surface area contributed by atoms with Crippen LogP contribution in [-0.4, -0.2) is 46.5 Å². The van der Waals surface area contributed by atoms with Gasteiger partial charge in [0.1, 0.15) is 5.82 Å². The zero-order valence-corrected chi connectivity index (χ0v) is 16.8. The fraction of sp³-hybridized carbons (Fsp3) is 0.647. The lowest BCUT2D eigenvalue weighted by atomic mass is 9.83. The molecular weight excluding hydrogens is 379 g/mol. The highest BCUT2D eigenvalue weighted by atomic mass is 32.2. The maximum Gasteiger partial charge on any atom is 0.242 e. The summed E-state index contributed by atoms with van der Waals surface area (Å²) in [5, 5.41) is 0. The first-order chi connectivity index (χ1) is 12.2. The summed E-state index contributed by atoms with van der Waals surface area (Å²) < 4.78 is 66.4. The number of rotatable bonds is 8. The molecule has 2 rings (SSSR count). The van der Waals surface area contributed by atoms with Crippen LogP contribution in [0, 0.1) is 11.7 Å². The molecular formula is C17H27FN2O4S2. The van der Waals surface area contributed by atoms with E-state index in [1.54, 1.807) is 0 Å². The number of halogens is 1. The second-order valence-electron chi connectivity index (χ2n) is 6.78. The van der Waals surface area contributed by atoms with Crippen LogP contribution in [0.4, 0.5) is 4.39 Å². The minimum Gasteiger partial charge on any atom is -0.212 e. The van der Waals surface area contributed by atoms with Crippen LogP contribution in [0.15, 0.2) is 29.2 Å². The fourth-order valence-electron chi connectivity index (χ4n) is 3.30. The molecule has 0 aromatic heterocycles. The molecule has 1 saturated carbocycles. The van der Waals surface area contributed by atoms with Gasteiger partial charge in [0.2, 0.25) is 20.0 Å². The summed E-state index contributed by atoms with van der Waals surface area (Å²) in [6, 6.07) is 4.39. The van der Waals surface area contributed by atoms with E-state index in [1.807, 2.05) is 0 Å². The van der Waals surface area contributed by atoms with E-state index in [1.165, 1.54) is 19.2 Å². The van der Waals surface area contributed by atoms with Gasteiger partial charge in [0.15, 0.2) is 0 Å². The zero-order valence-electron chi connectivity index (χ0n) is 15.2. The van der Waals surface area contributed by atoms with Crippen molar-refractivity contribution in [3.8, 4) is 0 Å². The van der Waals surface area contributed by atoms with E-state index in [0.29, 0.717) is 5.92 Å². The Labute approximate surface area is 155 Å². The van der Waals surface area contributed by atoms with Crippen molar-refractivity contribution < 1.29 is 21.2 Å². The predicted octanol–water partition coefficient (Wildman–Crippen LogP) is 2.33. The van der Waals surface area contributed by atoms with Gasteiger partial charge in [0, 0.05) is 19.6 Å². The van der Waals surface area contributed by atoms with E-state index >= 15 is 0 Å². The van der Waals surface area contributed by atoms with Crippen molar-refractivity contribution >= 4 is 20.0 Å². The van der Waals surface area contributed by atoms with Gasteiger partial charge in [-0.3, -0.25) is 0 Å². The number of hydrogen-bond donors (Lipinski definition) is 1. The molecule has 0 bridgehead atoms. The maximum absolute atomic E-state index is 13.0. The molecule has 9 heteroatoms. The van der Waals surface area contributed by atoms with Crippen LogP contribution >= 0.6 is 0 Å². The minimum atomic E-state index is -3.85. The topological polar surface area (TPSA) is 83.6 Å². The molecule has 0 unspecified atom stereocenters. The van der Waals surface area contributed by atoms with Gasteiger partial charge in [-0.1, -0.05) is 26.2 Å². The Morgan fingerprint density at radius 1 is 1.12 bits per heavy atom. The van der Waals surface area contributed by atoms with Crippen molar-refractivity contribution in [1.29, 1.82) is 0 Å². The van der Waals surface area contributed by atoms with Gasteiger partial charge < -0.3 is 0 Å². The summed E-state index contributed by atoms with van der Waals surface area (Å²) in [6.07, 6.45) is 4.88. The Hall–Kier alpha value is -1.03. The highest BCUT2D eigenvalue weighted by Crippen LogP contribution is 2.27. The lowest BCUT2D eigenvalue weighted by Crippen LogP contribution is -2.44. The summed E-state index contributed by atoms with van der Waals surface area (Å²) in [6.45, 7) is 1.89. The number of hydrogen-bond acceptors (Lipinski definition) is 4. The Bertz CT molecular complexity index is 795. The third-order valence-corrected chi connectivity index (χ3v) is 8.21. The van der Waals surface area contributed by atoms with Crippen LogP contribution < -0.4 is 4.72 Å². The van der Waals surface area contributed by atoms with Crippen molar-refractivity contribution in [2.45, 2.75) is 50.0 Å². The Morgan fingerprint density at radius 2 is 1.73 bits per heavy atom. The van der Waals surface area contributed by atoms with E-state index < -0.39 is 25.9 Å². The standard InChI is InChI=1S/C17H27FN2O4S2/c1-3-14-6-4-5-7-17(14)19-25(21,22)13-12-20(2)26(23,24)16-10-8-15(18)9-11-16/h8-11,14,17,19H,3-7,12-13H2,1-2H3/t14-,17+/m0/s1. The zero-order chi connectivity index (χ0) is 19.4. The molecule has 26 heavy (non-hydrogen) atoms. The van der Waals surface area contributed by atoms with Crippen LogP contribution in [0.2, 0.25) is 0 Å². The maximum atomic E-state index is 13.0. The summed E-state index contributed by atoms with van der Waals surface area (Å²) in [5.41, 5.74) is 0. The lowest BCUT2D eigenvalue weighted by Gasteiger charge is -2.31. The molecule has 2 atom stereocenters. The first-order valence-electron chi connectivity index (χ1n) is 8.87. The molecule has 1 N–H and O–H groups in total. The van der Waals surface area contributed by atoms with Crippen LogP contribution in [-0.2, 0) is 20.0 Å². The Morgan fingerprint density at radius 3 is 2.35 bits per heavy atom. The van der Waals surface area contributed by atoms with E-state index in [-0.39, 0.29) is 23.2 Å². The first-order valence-corrected chi connectivity index (χ1v) is 12.0. The quantitative estimate of drug-likeness (QED) is 0.718. The first kappa shape index (κ1) is 21.3. The van der Waals surface area contributed by atoms with Gasteiger partial charge in [-0.15, -0.1) is 0 Å². The normalized spacial score (nSPS) is 21.8. The number of nitrogens with zero attached hydrogens (tertiary/aromatic N) is 1.